The van der Waals surface area contributed by atoms with Crippen molar-refractivity contribution in [2.75, 3.05) is 19.8 Å². The Balaban J connectivity index is 2.32. The number of carboxylic acid groups (broad SMARTS) is 1. The van der Waals surface area contributed by atoms with Crippen LogP contribution in [0.5, 0.6) is 0 Å². The fraction of sp³-hybridized carbons (Fsp3) is 0.900. The molecule has 0 saturated heterocycles. The maximum atomic E-state index is 11.1. The van der Waals surface area contributed by atoms with E-state index < -0.39 is 11.5 Å². The normalized spacial score (nSPS) is 20.4. The summed E-state index contributed by atoms with van der Waals surface area (Å²) in [5, 5.41) is 12.2. The fourth-order valence-corrected chi connectivity index (χ4v) is 1.58. The minimum atomic E-state index is -0.753. The van der Waals surface area contributed by atoms with Gasteiger partial charge in [-0.25, -0.2) is 0 Å². The molecule has 2 N–H and O–H groups in total. The molecule has 0 aromatic rings. The van der Waals surface area contributed by atoms with E-state index in [9.17, 15) is 4.79 Å². The summed E-state index contributed by atoms with van der Waals surface area (Å²) in [5.41, 5.74) is -0.753. The van der Waals surface area contributed by atoms with Gasteiger partial charge in [0.25, 0.3) is 0 Å². The molecule has 0 aromatic carbocycles. The lowest BCUT2D eigenvalue weighted by Gasteiger charge is -2.26. The predicted octanol–water partition coefficient (Wildman–Crippen LogP) is 0.866. The minimum Gasteiger partial charge on any atom is -0.480 e. The third kappa shape index (κ3) is 2.69. The van der Waals surface area contributed by atoms with Crippen molar-refractivity contribution in [3.05, 3.63) is 0 Å². The Labute approximate surface area is 84.6 Å². The monoisotopic (exact) mass is 201 g/mol. The Hall–Kier alpha value is -0.610. The Morgan fingerprint density at radius 1 is 1.64 bits per heavy atom. The number of carbonyl (C=O) groups is 1. The molecule has 0 bridgehead atoms. The number of carboxylic acids is 1. The molecule has 4 heteroatoms. The third-order valence-corrected chi connectivity index (χ3v) is 2.78. The SMILES string of the molecule is CCOCCNC(C)(C(=O)O)C1CC1. The molecule has 0 aliphatic heterocycles. The van der Waals surface area contributed by atoms with Crippen molar-refractivity contribution in [2.24, 2.45) is 5.92 Å². The van der Waals surface area contributed by atoms with E-state index in [1.54, 1.807) is 6.92 Å². The molecule has 1 unspecified atom stereocenters. The van der Waals surface area contributed by atoms with E-state index in [0.29, 0.717) is 25.7 Å². The van der Waals surface area contributed by atoms with Crippen molar-refractivity contribution in [2.45, 2.75) is 32.2 Å². The summed E-state index contributed by atoms with van der Waals surface area (Å²) in [6.45, 7) is 5.55. The van der Waals surface area contributed by atoms with Crippen molar-refractivity contribution in [3.63, 3.8) is 0 Å². The molecule has 0 radical (unpaired) electrons. The van der Waals surface area contributed by atoms with Gasteiger partial charge in [-0.1, -0.05) is 0 Å². The molecular weight excluding hydrogens is 182 g/mol. The van der Waals surface area contributed by atoms with Gasteiger partial charge in [-0.15, -0.1) is 0 Å². The zero-order valence-corrected chi connectivity index (χ0v) is 8.88. The van der Waals surface area contributed by atoms with Crippen LogP contribution in [0.2, 0.25) is 0 Å². The van der Waals surface area contributed by atoms with Crippen molar-refractivity contribution in [1.29, 1.82) is 0 Å². The highest BCUT2D eigenvalue weighted by Gasteiger charge is 2.46. The molecule has 0 aromatic heterocycles. The van der Waals surface area contributed by atoms with Crippen LogP contribution in [0.1, 0.15) is 26.7 Å². The minimum absolute atomic E-state index is 0.293. The van der Waals surface area contributed by atoms with Crippen LogP contribution in [-0.2, 0) is 9.53 Å². The zero-order valence-electron chi connectivity index (χ0n) is 8.88. The number of hydrogen-bond acceptors (Lipinski definition) is 3. The number of aliphatic carboxylic acids is 1. The molecule has 82 valence electrons. The Bertz CT molecular complexity index is 204. The topological polar surface area (TPSA) is 58.6 Å². The lowest BCUT2D eigenvalue weighted by atomic mass is 9.96. The molecule has 1 rings (SSSR count). The van der Waals surface area contributed by atoms with Crippen LogP contribution in [-0.4, -0.2) is 36.4 Å². The molecule has 1 atom stereocenters. The molecule has 4 nitrogen and oxygen atoms in total. The first-order valence-electron chi connectivity index (χ1n) is 5.17. The molecule has 14 heavy (non-hydrogen) atoms. The van der Waals surface area contributed by atoms with Crippen LogP contribution in [0.3, 0.4) is 0 Å². The standard InChI is InChI=1S/C10H19NO3/c1-3-14-7-6-11-10(2,9(12)13)8-4-5-8/h8,11H,3-7H2,1-2H3,(H,12,13). The van der Waals surface area contributed by atoms with Crippen molar-refractivity contribution in [1.82, 2.24) is 5.32 Å². The number of ether oxygens (including phenoxy) is 1. The fourth-order valence-electron chi connectivity index (χ4n) is 1.58. The lowest BCUT2D eigenvalue weighted by Crippen LogP contribution is -2.52. The summed E-state index contributed by atoms with van der Waals surface area (Å²) in [5.74, 6) is -0.460. The number of hydrogen-bond donors (Lipinski definition) is 2. The van der Waals surface area contributed by atoms with Crippen LogP contribution in [0.15, 0.2) is 0 Å². The van der Waals surface area contributed by atoms with Gasteiger partial charge in [0.05, 0.1) is 6.61 Å². The van der Waals surface area contributed by atoms with Gasteiger partial charge in [0.2, 0.25) is 0 Å². The summed E-state index contributed by atoms with van der Waals surface area (Å²) < 4.78 is 5.15. The van der Waals surface area contributed by atoms with Gasteiger partial charge >= 0.3 is 5.97 Å². The van der Waals surface area contributed by atoms with E-state index in [4.69, 9.17) is 9.84 Å². The highest BCUT2D eigenvalue weighted by atomic mass is 16.5. The van der Waals surface area contributed by atoms with E-state index in [1.807, 2.05) is 6.92 Å². The largest absolute Gasteiger partial charge is 0.480 e. The van der Waals surface area contributed by atoms with Gasteiger partial charge in [0, 0.05) is 13.2 Å². The van der Waals surface area contributed by atoms with Crippen molar-refractivity contribution >= 4 is 5.97 Å². The predicted molar refractivity (Wildman–Crippen MR) is 53.3 cm³/mol. The summed E-state index contributed by atoms with van der Waals surface area (Å²) in [6, 6.07) is 0. The first-order chi connectivity index (χ1) is 6.61. The van der Waals surface area contributed by atoms with Crippen LogP contribution < -0.4 is 5.32 Å². The summed E-state index contributed by atoms with van der Waals surface area (Å²) in [4.78, 5) is 11.1. The summed E-state index contributed by atoms with van der Waals surface area (Å²) in [7, 11) is 0. The van der Waals surface area contributed by atoms with Crippen molar-refractivity contribution in [3.8, 4) is 0 Å². The highest BCUT2D eigenvalue weighted by Crippen LogP contribution is 2.39. The van der Waals surface area contributed by atoms with Gasteiger partial charge < -0.3 is 9.84 Å². The van der Waals surface area contributed by atoms with Gasteiger partial charge in [0.15, 0.2) is 0 Å². The highest BCUT2D eigenvalue weighted by molar-refractivity contribution is 5.79. The second-order valence-corrected chi connectivity index (χ2v) is 3.91. The first-order valence-corrected chi connectivity index (χ1v) is 5.17. The van der Waals surface area contributed by atoms with E-state index in [2.05, 4.69) is 5.32 Å². The average molecular weight is 201 g/mol. The second-order valence-electron chi connectivity index (χ2n) is 3.91. The average Bonchev–Trinajstić information content (AvgIpc) is 2.95. The molecular formula is C10H19NO3. The molecule has 1 aliphatic rings. The van der Waals surface area contributed by atoms with E-state index in [0.717, 1.165) is 12.8 Å². The molecule has 1 aliphatic carbocycles. The van der Waals surface area contributed by atoms with Crippen LogP contribution in [0.25, 0.3) is 0 Å². The molecule has 0 amide bonds. The van der Waals surface area contributed by atoms with Gasteiger partial charge in [0.1, 0.15) is 5.54 Å². The third-order valence-electron chi connectivity index (χ3n) is 2.78. The van der Waals surface area contributed by atoms with E-state index in [1.165, 1.54) is 0 Å². The number of rotatable bonds is 7. The zero-order chi connectivity index (χ0) is 10.6. The van der Waals surface area contributed by atoms with Gasteiger partial charge in [-0.2, -0.15) is 0 Å². The summed E-state index contributed by atoms with van der Waals surface area (Å²) >= 11 is 0. The lowest BCUT2D eigenvalue weighted by molar-refractivity contribution is -0.145. The second kappa shape index (κ2) is 4.75. The Morgan fingerprint density at radius 2 is 2.29 bits per heavy atom. The molecule has 0 heterocycles. The van der Waals surface area contributed by atoms with Crippen LogP contribution >= 0.6 is 0 Å². The maximum absolute atomic E-state index is 11.1. The Morgan fingerprint density at radius 3 is 2.71 bits per heavy atom. The molecule has 1 saturated carbocycles. The first kappa shape index (κ1) is 11.5. The number of nitrogens with one attached hydrogen (secondary N) is 1. The maximum Gasteiger partial charge on any atom is 0.323 e. The van der Waals surface area contributed by atoms with Gasteiger partial charge in [-0.05, 0) is 32.6 Å². The van der Waals surface area contributed by atoms with Gasteiger partial charge in [-0.3, -0.25) is 10.1 Å². The quantitative estimate of drug-likeness (QED) is 0.600. The van der Waals surface area contributed by atoms with Crippen LogP contribution in [0, 0.1) is 5.92 Å². The van der Waals surface area contributed by atoms with Crippen molar-refractivity contribution < 1.29 is 14.6 Å². The Kier molecular flexibility index (Phi) is 3.89. The van der Waals surface area contributed by atoms with Crippen LogP contribution in [0.4, 0.5) is 0 Å². The van der Waals surface area contributed by atoms with E-state index >= 15 is 0 Å². The molecule has 0 spiro atoms. The van der Waals surface area contributed by atoms with E-state index in [-0.39, 0.29) is 0 Å². The molecule has 1 fully saturated rings. The smallest absolute Gasteiger partial charge is 0.323 e. The summed E-state index contributed by atoms with van der Waals surface area (Å²) in [6.07, 6.45) is 2.04.